The van der Waals surface area contributed by atoms with Crippen LogP contribution in [0.5, 0.6) is 0 Å². The van der Waals surface area contributed by atoms with Crippen LogP contribution in [0.25, 0.3) is 5.69 Å². The summed E-state index contributed by atoms with van der Waals surface area (Å²) in [4.78, 5) is 11.0. The summed E-state index contributed by atoms with van der Waals surface area (Å²) < 4.78 is 14.5. The Hall–Kier alpha value is -2.08. The number of carbonyl (C=O) groups excluding carboxylic acids is 1. The fourth-order valence-corrected chi connectivity index (χ4v) is 1.45. The highest BCUT2D eigenvalue weighted by Gasteiger charge is 2.12. The molecule has 0 atom stereocenters. The quantitative estimate of drug-likeness (QED) is 0.848. The average molecular weight is 255 g/mol. The number of hydrogen-bond acceptors (Lipinski definition) is 3. The van der Waals surface area contributed by atoms with Crippen LogP contribution in [0.3, 0.4) is 0 Å². The number of nitrogens with zero attached hydrogens (tertiary/aromatic N) is 2. The standard InChI is InChI=1S/C10H8ClFN4O/c11-7-2-1-5(3-8(7)12)16-4-6(10(14)17)9(13)15-16/h1-4H,(H2,13,15)(H2,14,17). The average Bonchev–Trinajstić information content (AvgIpc) is 2.64. The van der Waals surface area contributed by atoms with E-state index >= 15 is 0 Å². The van der Waals surface area contributed by atoms with E-state index in [0.29, 0.717) is 5.69 Å². The van der Waals surface area contributed by atoms with Crippen LogP contribution < -0.4 is 11.5 Å². The van der Waals surface area contributed by atoms with Gasteiger partial charge in [-0.25, -0.2) is 9.07 Å². The summed E-state index contributed by atoms with van der Waals surface area (Å²) in [7, 11) is 0. The van der Waals surface area contributed by atoms with E-state index in [0.717, 1.165) is 0 Å². The minimum absolute atomic E-state index is 0.00371. The van der Waals surface area contributed by atoms with E-state index in [9.17, 15) is 9.18 Å². The Balaban J connectivity index is 2.50. The summed E-state index contributed by atoms with van der Waals surface area (Å²) >= 11 is 5.55. The molecule has 88 valence electrons. The number of aromatic nitrogens is 2. The molecule has 2 rings (SSSR count). The Bertz CT molecular complexity index is 596. The molecule has 1 heterocycles. The number of benzene rings is 1. The van der Waals surface area contributed by atoms with Crippen molar-refractivity contribution in [3.05, 3.63) is 40.8 Å². The van der Waals surface area contributed by atoms with E-state index in [4.69, 9.17) is 23.1 Å². The van der Waals surface area contributed by atoms with Crippen LogP contribution in [0.1, 0.15) is 10.4 Å². The molecule has 0 aliphatic rings. The lowest BCUT2D eigenvalue weighted by Crippen LogP contribution is -2.11. The van der Waals surface area contributed by atoms with Crippen LogP contribution in [-0.4, -0.2) is 15.7 Å². The molecule has 0 aliphatic carbocycles. The fraction of sp³-hybridized carbons (Fsp3) is 0. The molecule has 0 radical (unpaired) electrons. The predicted octanol–water partition coefficient (Wildman–Crippen LogP) is 1.35. The van der Waals surface area contributed by atoms with Crippen molar-refractivity contribution in [2.45, 2.75) is 0 Å². The minimum atomic E-state index is -0.691. The molecule has 0 fully saturated rings. The lowest BCUT2D eigenvalue weighted by molar-refractivity contribution is 0.100. The maximum Gasteiger partial charge on any atom is 0.254 e. The van der Waals surface area contributed by atoms with Crippen molar-refractivity contribution in [3.63, 3.8) is 0 Å². The molecule has 4 N–H and O–H groups in total. The van der Waals surface area contributed by atoms with Gasteiger partial charge in [0.25, 0.3) is 5.91 Å². The highest BCUT2D eigenvalue weighted by molar-refractivity contribution is 6.30. The van der Waals surface area contributed by atoms with Crippen molar-refractivity contribution in [1.29, 1.82) is 0 Å². The second-order valence-electron chi connectivity index (χ2n) is 3.34. The third-order valence-corrected chi connectivity index (χ3v) is 2.48. The van der Waals surface area contributed by atoms with Gasteiger partial charge in [0.15, 0.2) is 5.82 Å². The summed E-state index contributed by atoms with van der Waals surface area (Å²) in [5, 5.41) is 3.86. The molecular weight excluding hydrogens is 247 g/mol. The Morgan fingerprint density at radius 2 is 2.18 bits per heavy atom. The summed E-state index contributed by atoms with van der Waals surface area (Å²) in [6.07, 6.45) is 1.33. The van der Waals surface area contributed by atoms with Crippen molar-refractivity contribution in [3.8, 4) is 5.69 Å². The Labute approximate surface area is 101 Å². The molecule has 0 aliphatic heterocycles. The second-order valence-corrected chi connectivity index (χ2v) is 3.74. The first kappa shape index (κ1) is 11.4. The van der Waals surface area contributed by atoms with Gasteiger partial charge in [0.1, 0.15) is 11.4 Å². The predicted molar refractivity (Wildman–Crippen MR) is 61.5 cm³/mol. The molecular formula is C10H8ClFN4O. The minimum Gasteiger partial charge on any atom is -0.382 e. The van der Waals surface area contributed by atoms with Gasteiger partial charge in [-0.2, -0.15) is 0 Å². The van der Waals surface area contributed by atoms with Crippen molar-refractivity contribution in [2.75, 3.05) is 5.73 Å². The number of primary amides is 1. The lowest BCUT2D eigenvalue weighted by Gasteiger charge is -2.01. The van der Waals surface area contributed by atoms with Crippen molar-refractivity contribution < 1.29 is 9.18 Å². The molecule has 1 aromatic heterocycles. The molecule has 0 bridgehead atoms. The molecule has 1 amide bonds. The van der Waals surface area contributed by atoms with E-state index in [2.05, 4.69) is 5.10 Å². The number of nitrogens with two attached hydrogens (primary N) is 2. The van der Waals surface area contributed by atoms with E-state index < -0.39 is 11.7 Å². The number of nitrogen functional groups attached to an aromatic ring is 1. The zero-order chi connectivity index (χ0) is 12.6. The normalized spacial score (nSPS) is 10.5. The van der Waals surface area contributed by atoms with Crippen LogP contribution in [-0.2, 0) is 0 Å². The number of rotatable bonds is 2. The Morgan fingerprint density at radius 3 is 2.71 bits per heavy atom. The molecule has 2 aromatic rings. The van der Waals surface area contributed by atoms with Gasteiger partial charge in [0, 0.05) is 12.3 Å². The van der Waals surface area contributed by atoms with Crippen LogP contribution in [0, 0.1) is 5.82 Å². The number of hydrogen-bond donors (Lipinski definition) is 2. The first-order valence-corrected chi connectivity index (χ1v) is 4.97. The van der Waals surface area contributed by atoms with Crippen LogP contribution in [0.4, 0.5) is 10.2 Å². The topological polar surface area (TPSA) is 86.9 Å². The van der Waals surface area contributed by atoms with Crippen molar-refractivity contribution in [1.82, 2.24) is 9.78 Å². The summed E-state index contributed by atoms with van der Waals surface area (Å²) in [5.74, 6) is -1.28. The number of halogens is 2. The van der Waals surface area contributed by atoms with Crippen LogP contribution in [0.15, 0.2) is 24.4 Å². The van der Waals surface area contributed by atoms with Crippen molar-refractivity contribution >= 4 is 23.3 Å². The third-order valence-electron chi connectivity index (χ3n) is 2.18. The highest BCUT2D eigenvalue weighted by Crippen LogP contribution is 2.19. The van der Waals surface area contributed by atoms with Gasteiger partial charge < -0.3 is 11.5 Å². The molecule has 5 nitrogen and oxygen atoms in total. The molecule has 7 heteroatoms. The van der Waals surface area contributed by atoms with E-state index in [-0.39, 0.29) is 16.4 Å². The fourth-order valence-electron chi connectivity index (χ4n) is 1.34. The highest BCUT2D eigenvalue weighted by atomic mass is 35.5. The smallest absolute Gasteiger partial charge is 0.254 e. The molecule has 0 spiro atoms. The van der Waals surface area contributed by atoms with E-state index in [1.807, 2.05) is 0 Å². The molecule has 0 saturated heterocycles. The number of carbonyl (C=O) groups is 1. The zero-order valence-corrected chi connectivity index (χ0v) is 9.28. The third kappa shape index (κ3) is 2.07. The number of anilines is 1. The van der Waals surface area contributed by atoms with Gasteiger partial charge in [-0.3, -0.25) is 4.79 Å². The van der Waals surface area contributed by atoms with Crippen LogP contribution >= 0.6 is 11.6 Å². The molecule has 0 unspecified atom stereocenters. The number of amides is 1. The first-order valence-electron chi connectivity index (χ1n) is 4.59. The van der Waals surface area contributed by atoms with Gasteiger partial charge in [-0.05, 0) is 12.1 Å². The lowest BCUT2D eigenvalue weighted by atomic mass is 10.3. The van der Waals surface area contributed by atoms with Crippen molar-refractivity contribution in [2.24, 2.45) is 5.73 Å². The largest absolute Gasteiger partial charge is 0.382 e. The monoisotopic (exact) mass is 254 g/mol. The van der Waals surface area contributed by atoms with Gasteiger partial charge in [-0.15, -0.1) is 5.10 Å². The maximum atomic E-state index is 13.2. The molecule has 17 heavy (non-hydrogen) atoms. The molecule has 1 aromatic carbocycles. The first-order chi connectivity index (χ1) is 7.99. The van der Waals surface area contributed by atoms with Gasteiger partial charge in [0.05, 0.1) is 10.7 Å². The summed E-state index contributed by atoms with van der Waals surface area (Å²) in [6.45, 7) is 0. The Morgan fingerprint density at radius 1 is 1.47 bits per heavy atom. The SMILES string of the molecule is NC(=O)c1cn(-c2ccc(Cl)c(F)c2)nc1N. The zero-order valence-electron chi connectivity index (χ0n) is 8.52. The van der Waals surface area contributed by atoms with Gasteiger partial charge in [-0.1, -0.05) is 11.6 Å². The van der Waals surface area contributed by atoms with E-state index in [1.165, 1.54) is 23.0 Å². The maximum absolute atomic E-state index is 13.2. The van der Waals surface area contributed by atoms with Gasteiger partial charge in [0.2, 0.25) is 0 Å². The molecule has 0 saturated carbocycles. The second kappa shape index (κ2) is 4.06. The van der Waals surface area contributed by atoms with Gasteiger partial charge >= 0.3 is 0 Å². The summed E-state index contributed by atoms with van der Waals surface area (Å²) in [5.41, 5.74) is 11.1. The summed E-state index contributed by atoms with van der Waals surface area (Å²) in [6, 6.07) is 4.11. The van der Waals surface area contributed by atoms with Crippen LogP contribution in [0.2, 0.25) is 5.02 Å². The van der Waals surface area contributed by atoms with E-state index in [1.54, 1.807) is 6.07 Å². The Kier molecular flexibility index (Phi) is 2.72.